The Morgan fingerprint density at radius 2 is 1.40 bits per heavy atom. The van der Waals surface area contributed by atoms with Gasteiger partial charge in [0, 0.05) is 46.9 Å². The number of benzene rings is 3. The van der Waals surface area contributed by atoms with Gasteiger partial charge in [-0.15, -0.1) is 11.6 Å². The van der Waals surface area contributed by atoms with E-state index in [1.165, 1.54) is 0 Å². The van der Waals surface area contributed by atoms with Crippen LogP contribution in [0.15, 0.2) is 72.8 Å². The summed E-state index contributed by atoms with van der Waals surface area (Å²) in [6, 6.07) is 23.0. The summed E-state index contributed by atoms with van der Waals surface area (Å²) < 4.78 is 0. The number of nitrogens with zero attached hydrogens (tertiary/aromatic N) is 1. The maximum Gasteiger partial charge on any atom is 0.193 e. The first-order valence-corrected chi connectivity index (χ1v) is 10.8. The van der Waals surface area contributed by atoms with Gasteiger partial charge in [0.15, 0.2) is 11.6 Å². The molecule has 0 aliphatic carbocycles. The molecule has 0 unspecified atom stereocenters. The minimum absolute atomic E-state index is 0.0301. The highest BCUT2D eigenvalue weighted by molar-refractivity contribution is 6.18. The minimum Gasteiger partial charge on any atom is -0.342 e. The van der Waals surface area contributed by atoms with Crippen molar-refractivity contribution in [2.45, 2.75) is 26.7 Å². The lowest BCUT2D eigenvalue weighted by molar-refractivity contribution is 0.0981. The van der Waals surface area contributed by atoms with Gasteiger partial charge in [-0.2, -0.15) is 0 Å². The van der Waals surface area contributed by atoms with Crippen molar-refractivity contribution in [3.05, 3.63) is 95.1 Å². The monoisotopic (exact) mass is 419 g/mol. The second kappa shape index (κ2) is 10.2. The van der Waals surface area contributed by atoms with E-state index in [1.807, 2.05) is 79.7 Å². The van der Waals surface area contributed by atoms with E-state index >= 15 is 0 Å². The zero-order valence-electron chi connectivity index (χ0n) is 17.4. The van der Waals surface area contributed by atoms with E-state index in [1.54, 1.807) is 0 Å². The van der Waals surface area contributed by atoms with Gasteiger partial charge < -0.3 is 4.90 Å². The number of carbonyl (C=O) groups excluding carboxylic acids is 2. The molecule has 0 aliphatic heterocycles. The summed E-state index contributed by atoms with van der Waals surface area (Å²) in [7, 11) is 0. The largest absolute Gasteiger partial charge is 0.342 e. The normalized spacial score (nSPS) is 10.6. The standard InChI is InChI=1S/C26H26ClNO2/c1-3-28(22-14-10-20(11-15-22)25(29)9-6-18-27)23-16-12-21(13-17-23)26(30)24-8-5-4-7-19(24)2/h4-5,7-8,10-17H,3,6,9,18H2,1-2H3. The number of hydrogen-bond donors (Lipinski definition) is 0. The molecule has 3 aromatic carbocycles. The summed E-state index contributed by atoms with van der Waals surface area (Å²) >= 11 is 5.68. The van der Waals surface area contributed by atoms with E-state index in [2.05, 4.69) is 11.8 Å². The molecule has 0 heterocycles. The van der Waals surface area contributed by atoms with Crippen molar-refractivity contribution in [3.8, 4) is 0 Å². The Morgan fingerprint density at radius 3 is 1.93 bits per heavy atom. The Labute approximate surface area is 183 Å². The maximum atomic E-state index is 12.8. The van der Waals surface area contributed by atoms with E-state index in [-0.39, 0.29) is 11.6 Å². The van der Waals surface area contributed by atoms with Crippen LogP contribution in [-0.4, -0.2) is 24.0 Å². The number of carbonyl (C=O) groups is 2. The third-order valence-electron chi connectivity index (χ3n) is 5.19. The lowest BCUT2D eigenvalue weighted by Crippen LogP contribution is -2.16. The van der Waals surface area contributed by atoms with Crippen LogP contribution in [0.3, 0.4) is 0 Å². The summed E-state index contributed by atoms with van der Waals surface area (Å²) in [5.74, 6) is 0.641. The number of rotatable bonds is 9. The molecule has 0 saturated carbocycles. The fourth-order valence-electron chi connectivity index (χ4n) is 3.49. The van der Waals surface area contributed by atoms with Crippen LogP contribution in [0.5, 0.6) is 0 Å². The summed E-state index contributed by atoms with van der Waals surface area (Å²) in [6.45, 7) is 4.79. The second-order valence-electron chi connectivity index (χ2n) is 7.20. The highest BCUT2D eigenvalue weighted by Gasteiger charge is 2.13. The van der Waals surface area contributed by atoms with Crippen LogP contribution in [0.25, 0.3) is 0 Å². The molecule has 0 amide bonds. The Kier molecular flexibility index (Phi) is 7.42. The molecule has 3 nitrogen and oxygen atoms in total. The molecule has 3 rings (SSSR count). The van der Waals surface area contributed by atoms with Crippen molar-refractivity contribution in [1.29, 1.82) is 0 Å². The number of aryl methyl sites for hydroxylation is 1. The molecule has 0 N–H and O–H groups in total. The van der Waals surface area contributed by atoms with Gasteiger partial charge in [-0.25, -0.2) is 0 Å². The highest BCUT2D eigenvalue weighted by Crippen LogP contribution is 2.27. The first-order chi connectivity index (χ1) is 14.5. The molecule has 0 aliphatic rings. The number of anilines is 2. The fraction of sp³-hybridized carbons (Fsp3) is 0.231. The third kappa shape index (κ3) is 4.98. The zero-order valence-corrected chi connectivity index (χ0v) is 18.2. The highest BCUT2D eigenvalue weighted by atomic mass is 35.5. The molecule has 4 heteroatoms. The van der Waals surface area contributed by atoms with Crippen LogP contribution < -0.4 is 4.90 Å². The first kappa shape index (κ1) is 21.8. The summed E-state index contributed by atoms with van der Waals surface area (Å²) in [5.41, 5.74) is 5.09. The van der Waals surface area contributed by atoms with Crippen LogP contribution in [0.4, 0.5) is 11.4 Å². The van der Waals surface area contributed by atoms with E-state index in [4.69, 9.17) is 11.6 Å². The van der Waals surface area contributed by atoms with Crippen LogP contribution in [0, 0.1) is 6.92 Å². The van der Waals surface area contributed by atoms with E-state index in [9.17, 15) is 9.59 Å². The van der Waals surface area contributed by atoms with Crippen molar-refractivity contribution in [3.63, 3.8) is 0 Å². The van der Waals surface area contributed by atoms with Gasteiger partial charge in [-0.1, -0.05) is 24.3 Å². The molecule has 0 saturated heterocycles. The van der Waals surface area contributed by atoms with E-state index < -0.39 is 0 Å². The average Bonchev–Trinajstić information content (AvgIpc) is 2.79. The van der Waals surface area contributed by atoms with Gasteiger partial charge in [-0.3, -0.25) is 9.59 Å². The van der Waals surface area contributed by atoms with Crippen LogP contribution >= 0.6 is 11.6 Å². The van der Waals surface area contributed by atoms with Crippen molar-refractivity contribution in [1.82, 2.24) is 0 Å². The number of halogens is 1. The van der Waals surface area contributed by atoms with Gasteiger partial charge in [0.25, 0.3) is 0 Å². The molecule has 154 valence electrons. The van der Waals surface area contributed by atoms with Gasteiger partial charge in [0.2, 0.25) is 0 Å². The first-order valence-electron chi connectivity index (χ1n) is 10.2. The second-order valence-corrected chi connectivity index (χ2v) is 7.58. The molecule has 0 spiro atoms. The number of ketones is 2. The summed E-state index contributed by atoms with van der Waals surface area (Å²) in [4.78, 5) is 27.1. The molecule has 0 fully saturated rings. The number of alkyl halides is 1. The summed E-state index contributed by atoms with van der Waals surface area (Å²) in [6.07, 6.45) is 1.16. The van der Waals surface area contributed by atoms with E-state index in [0.717, 1.165) is 29.0 Å². The van der Waals surface area contributed by atoms with Gasteiger partial charge in [-0.05, 0) is 74.4 Å². The van der Waals surface area contributed by atoms with Crippen LogP contribution in [-0.2, 0) is 0 Å². The maximum absolute atomic E-state index is 12.8. The van der Waals surface area contributed by atoms with Gasteiger partial charge in [0.1, 0.15) is 0 Å². The lowest BCUT2D eigenvalue weighted by atomic mass is 9.99. The fourth-order valence-corrected chi connectivity index (χ4v) is 3.62. The smallest absolute Gasteiger partial charge is 0.193 e. The topological polar surface area (TPSA) is 37.4 Å². The van der Waals surface area contributed by atoms with Crippen molar-refractivity contribution in [2.24, 2.45) is 0 Å². The Hall–Kier alpha value is -2.91. The molecule has 3 aromatic rings. The van der Waals surface area contributed by atoms with Crippen LogP contribution in [0.2, 0.25) is 0 Å². The SMILES string of the molecule is CCN(c1ccc(C(=O)CCCCl)cc1)c1ccc(C(=O)c2ccccc2C)cc1. The Balaban J connectivity index is 1.78. The Bertz CT molecular complexity index is 1010. The number of hydrogen-bond acceptors (Lipinski definition) is 3. The average molecular weight is 420 g/mol. The molecular formula is C26H26ClNO2. The lowest BCUT2D eigenvalue weighted by Gasteiger charge is -2.23. The molecule has 30 heavy (non-hydrogen) atoms. The molecule has 0 radical (unpaired) electrons. The minimum atomic E-state index is 0.0301. The van der Waals surface area contributed by atoms with Crippen LogP contribution in [0.1, 0.15) is 51.6 Å². The van der Waals surface area contributed by atoms with Gasteiger partial charge in [0.05, 0.1) is 0 Å². The van der Waals surface area contributed by atoms with Gasteiger partial charge >= 0.3 is 0 Å². The third-order valence-corrected chi connectivity index (χ3v) is 5.45. The zero-order chi connectivity index (χ0) is 21.5. The molecular weight excluding hydrogens is 394 g/mol. The molecule has 0 bridgehead atoms. The predicted molar refractivity (Wildman–Crippen MR) is 124 cm³/mol. The Morgan fingerprint density at radius 1 is 0.833 bits per heavy atom. The summed E-state index contributed by atoms with van der Waals surface area (Å²) in [5, 5.41) is 0. The number of Topliss-reactive ketones (excluding diaryl/α,β-unsaturated/α-hetero) is 1. The van der Waals surface area contributed by atoms with Crippen molar-refractivity contribution >= 4 is 34.5 Å². The molecule has 0 atom stereocenters. The van der Waals surface area contributed by atoms with Crippen molar-refractivity contribution < 1.29 is 9.59 Å². The van der Waals surface area contributed by atoms with Crippen molar-refractivity contribution in [2.75, 3.05) is 17.3 Å². The molecule has 0 aromatic heterocycles. The predicted octanol–water partition coefficient (Wildman–Crippen LogP) is 6.59. The van der Waals surface area contributed by atoms with E-state index in [0.29, 0.717) is 29.8 Å². The quantitative estimate of drug-likeness (QED) is 0.290.